The zero-order valence-electron chi connectivity index (χ0n) is 11.1. The van der Waals surface area contributed by atoms with Gasteiger partial charge in [-0.2, -0.15) is 0 Å². The standard InChI is InChI=1S/C14H18O6/c1-7(6-15)14(17)19-3-2-18-13-9-4-10(16)8-5-11(13)20-12(8)9/h8-9,11-13,15H,1-6H2. The quantitative estimate of drug-likeness (QED) is 0.414. The van der Waals surface area contributed by atoms with Crippen molar-refractivity contribution in [1.29, 1.82) is 0 Å². The molecular weight excluding hydrogens is 264 g/mol. The predicted molar refractivity (Wildman–Crippen MR) is 66.8 cm³/mol. The topological polar surface area (TPSA) is 82.1 Å². The SMILES string of the molecule is C=C(CO)C(=O)OCCOC1C2CC3C(=O)CC1C3O2. The highest BCUT2D eigenvalue weighted by Gasteiger charge is 2.61. The highest BCUT2D eigenvalue weighted by atomic mass is 16.6. The molecule has 1 N–H and O–H groups in total. The molecule has 20 heavy (non-hydrogen) atoms. The third kappa shape index (κ3) is 2.17. The van der Waals surface area contributed by atoms with Crippen LogP contribution in [0, 0.1) is 11.8 Å². The summed E-state index contributed by atoms with van der Waals surface area (Å²) in [6.45, 7) is 3.33. The fourth-order valence-corrected chi connectivity index (χ4v) is 3.46. The minimum atomic E-state index is -0.614. The van der Waals surface area contributed by atoms with Gasteiger partial charge in [-0.15, -0.1) is 0 Å². The molecule has 1 saturated carbocycles. The van der Waals surface area contributed by atoms with Gasteiger partial charge in [-0.1, -0.05) is 6.58 Å². The minimum absolute atomic E-state index is 0.00422. The lowest BCUT2D eigenvalue weighted by atomic mass is 9.86. The van der Waals surface area contributed by atoms with Gasteiger partial charge in [0.1, 0.15) is 12.4 Å². The fraction of sp³-hybridized carbons (Fsp3) is 0.714. The number of ketones is 1. The molecule has 0 aromatic carbocycles. The molecule has 1 aliphatic carbocycles. The Bertz CT molecular complexity index is 445. The van der Waals surface area contributed by atoms with Crippen LogP contribution < -0.4 is 0 Å². The third-order valence-electron chi connectivity index (χ3n) is 4.38. The minimum Gasteiger partial charge on any atom is -0.460 e. The van der Waals surface area contributed by atoms with Gasteiger partial charge in [0.25, 0.3) is 0 Å². The number of fused-ring (bicyclic) bond motifs is 1. The molecule has 0 radical (unpaired) electrons. The lowest BCUT2D eigenvalue weighted by Crippen LogP contribution is -2.35. The molecule has 2 saturated heterocycles. The molecule has 6 nitrogen and oxygen atoms in total. The summed E-state index contributed by atoms with van der Waals surface area (Å²) in [5.74, 6) is -0.0828. The van der Waals surface area contributed by atoms with Gasteiger partial charge < -0.3 is 19.3 Å². The van der Waals surface area contributed by atoms with Crippen LogP contribution in [0.2, 0.25) is 0 Å². The number of hydrogen-bond donors (Lipinski definition) is 1. The Labute approximate surface area is 116 Å². The lowest BCUT2D eigenvalue weighted by molar-refractivity contribution is -0.142. The molecule has 0 amide bonds. The highest BCUT2D eigenvalue weighted by molar-refractivity contribution is 5.87. The number of aliphatic hydroxyl groups is 1. The number of hydrogen-bond acceptors (Lipinski definition) is 6. The molecular formula is C14H18O6. The van der Waals surface area contributed by atoms with E-state index in [1.54, 1.807) is 0 Å². The lowest BCUT2D eigenvalue weighted by Gasteiger charge is -2.24. The summed E-state index contributed by atoms with van der Waals surface area (Å²) < 4.78 is 16.4. The molecule has 0 spiro atoms. The Morgan fingerprint density at radius 2 is 2.25 bits per heavy atom. The van der Waals surface area contributed by atoms with Crippen molar-refractivity contribution >= 4 is 11.8 Å². The maximum Gasteiger partial charge on any atom is 0.335 e. The summed E-state index contributed by atoms with van der Waals surface area (Å²) in [7, 11) is 0. The van der Waals surface area contributed by atoms with E-state index in [1.165, 1.54) is 0 Å². The number of carbonyl (C=O) groups is 2. The van der Waals surface area contributed by atoms with Crippen molar-refractivity contribution in [1.82, 2.24) is 0 Å². The van der Waals surface area contributed by atoms with Crippen LogP contribution in [0.15, 0.2) is 12.2 Å². The number of rotatable bonds is 6. The smallest absolute Gasteiger partial charge is 0.335 e. The number of Topliss-reactive ketones (excluding diaryl/α,β-unsaturated/α-hetero) is 1. The van der Waals surface area contributed by atoms with Crippen LogP contribution in [-0.4, -0.2) is 55.0 Å². The Hall–Kier alpha value is -1.24. The Balaban J connectivity index is 1.43. The molecule has 2 aliphatic heterocycles. The van der Waals surface area contributed by atoms with Crippen LogP contribution in [-0.2, 0) is 23.8 Å². The number of aliphatic hydroxyl groups excluding tert-OH is 1. The van der Waals surface area contributed by atoms with E-state index < -0.39 is 12.6 Å². The number of ether oxygens (including phenoxy) is 3. The Kier molecular flexibility index (Phi) is 3.62. The van der Waals surface area contributed by atoms with Crippen molar-refractivity contribution in [2.45, 2.75) is 31.2 Å². The van der Waals surface area contributed by atoms with E-state index in [-0.39, 0.29) is 48.9 Å². The molecule has 5 atom stereocenters. The van der Waals surface area contributed by atoms with Crippen LogP contribution in [0.5, 0.6) is 0 Å². The molecule has 2 bridgehead atoms. The summed E-state index contributed by atoms with van der Waals surface area (Å²) in [5.41, 5.74) is 0.0255. The third-order valence-corrected chi connectivity index (χ3v) is 4.38. The first-order valence-electron chi connectivity index (χ1n) is 6.87. The molecule has 3 fully saturated rings. The second-order valence-electron chi connectivity index (χ2n) is 5.55. The maximum atomic E-state index is 11.7. The van der Waals surface area contributed by atoms with E-state index in [9.17, 15) is 9.59 Å². The van der Waals surface area contributed by atoms with Crippen molar-refractivity contribution < 1.29 is 28.9 Å². The first kappa shape index (κ1) is 13.7. The van der Waals surface area contributed by atoms with Gasteiger partial charge in [0.2, 0.25) is 0 Å². The molecule has 6 heteroatoms. The molecule has 0 aromatic heterocycles. The highest BCUT2D eigenvalue weighted by Crippen LogP contribution is 2.51. The van der Waals surface area contributed by atoms with Gasteiger partial charge >= 0.3 is 5.97 Å². The van der Waals surface area contributed by atoms with Gasteiger partial charge in [-0.3, -0.25) is 4.79 Å². The van der Waals surface area contributed by atoms with E-state index in [4.69, 9.17) is 19.3 Å². The van der Waals surface area contributed by atoms with Crippen molar-refractivity contribution in [3.63, 3.8) is 0 Å². The summed E-state index contributed by atoms with van der Waals surface area (Å²) in [6, 6.07) is 0. The van der Waals surface area contributed by atoms with Crippen molar-refractivity contribution in [2.24, 2.45) is 11.8 Å². The molecule has 5 unspecified atom stereocenters. The predicted octanol–water partition coefficient (Wildman–Crippen LogP) is -0.160. The van der Waals surface area contributed by atoms with Gasteiger partial charge in [0.15, 0.2) is 0 Å². The van der Waals surface area contributed by atoms with Crippen molar-refractivity contribution in [3.8, 4) is 0 Å². The first-order valence-corrected chi connectivity index (χ1v) is 6.87. The molecule has 2 heterocycles. The zero-order chi connectivity index (χ0) is 14.3. The van der Waals surface area contributed by atoms with Crippen LogP contribution in [0.1, 0.15) is 12.8 Å². The molecule has 3 aliphatic rings. The maximum absolute atomic E-state index is 11.7. The second-order valence-corrected chi connectivity index (χ2v) is 5.55. The Morgan fingerprint density at radius 1 is 1.45 bits per heavy atom. The van der Waals surface area contributed by atoms with E-state index in [0.29, 0.717) is 12.2 Å². The van der Waals surface area contributed by atoms with Crippen molar-refractivity contribution in [3.05, 3.63) is 12.2 Å². The van der Waals surface area contributed by atoms with Crippen LogP contribution in [0.4, 0.5) is 0 Å². The van der Waals surface area contributed by atoms with Crippen LogP contribution >= 0.6 is 0 Å². The normalized spacial score (nSPS) is 37.5. The molecule has 110 valence electrons. The number of carbonyl (C=O) groups excluding carboxylic acids is 2. The van der Waals surface area contributed by atoms with Gasteiger partial charge in [0, 0.05) is 18.3 Å². The zero-order valence-corrected chi connectivity index (χ0v) is 11.1. The summed E-state index contributed by atoms with van der Waals surface area (Å²) in [4.78, 5) is 23.0. The van der Waals surface area contributed by atoms with E-state index >= 15 is 0 Å². The summed E-state index contributed by atoms with van der Waals surface area (Å²) in [6.07, 6.45) is 1.27. The average Bonchev–Trinajstić information content (AvgIpc) is 3.05. The number of esters is 1. The van der Waals surface area contributed by atoms with Gasteiger partial charge in [0.05, 0.1) is 37.1 Å². The Morgan fingerprint density at radius 3 is 3.00 bits per heavy atom. The van der Waals surface area contributed by atoms with Gasteiger partial charge in [-0.05, 0) is 6.42 Å². The van der Waals surface area contributed by atoms with Crippen LogP contribution in [0.3, 0.4) is 0 Å². The van der Waals surface area contributed by atoms with E-state index in [2.05, 4.69) is 6.58 Å². The molecule has 3 rings (SSSR count). The molecule has 0 aromatic rings. The fourth-order valence-electron chi connectivity index (χ4n) is 3.46. The van der Waals surface area contributed by atoms with E-state index in [1.807, 2.05) is 0 Å². The monoisotopic (exact) mass is 282 g/mol. The summed E-state index contributed by atoms with van der Waals surface area (Å²) >= 11 is 0. The van der Waals surface area contributed by atoms with E-state index in [0.717, 1.165) is 6.42 Å². The largest absolute Gasteiger partial charge is 0.460 e. The van der Waals surface area contributed by atoms with Gasteiger partial charge in [-0.25, -0.2) is 4.79 Å². The second kappa shape index (κ2) is 5.27. The average molecular weight is 282 g/mol. The van der Waals surface area contributed by atoms with Crippen LogP contribution in [0.25, 0.3) is 0 Å². The first-order chi connectivity index (χ1) is 9.61. The summed E-state index contributed by atoms with van der Waals surface area (Å²) in [5, 5.41) is 8.72. The van der Waals surface area contributed by atoms with Crippen molar-refractivity contribution in [2.75, 3.05) is 19.8 Å².